The van der Waals surface area contributed by atoms with Crippen LogP contribution in [0.3, 0.4) is 0 Å². The van der Waals surface area contributed by atoms with Crippen LogP contribution in [0, 0.1) is 3.57 Å². The van der Waals surface area contributed by atoms with Crippen LogP contribution in [0.4, 0.5) is 5.82 Å². The summed E-state index contributed by atoms with van der Waals surface area (Å²) in [6.45, 7) is 0. The van der Waals surface area contributed by atoms with Gasteiger partial charge in [-0.05, 0) is 46.9 Å². The normalized spacial score (nSPS) is 10.8. The molecule has 3 aromatic rings. The zero-order valence-electron chi connectivity index (χ0n) is 10.7. The Balaban J connectivity index is 2.27. The molecule has 2 aromatic carbocycles. The van der Waals surface area contributed by atoms with Gasteiger partial charge in [0, 0.05) is 24.2 Å². The number of hydrogen-bond acceptors (Lipinski definition) is 2. The minimum absolute atomic E-state index is 0.465. The summed E-state index contributed by atoms with van der Waals surface area (Å²) in [4.78, 5) is 0. The van der Waals surface area contributed by atoms with E-state index in [0.717, 1.165) is 30.4 Å². The molecule has 0 atom stereocenters. The van der Waals surface area contributed by atoms with E-state index >= 15 is 0 Å². The minimum Gasteiger partial charge on any atom is -0.382 e. The average Bonchev–Trinajstić information content (AvgIpc) is 2.84. The van der Waals surface area contributed by atoms with Crippen LogP contribution in [0.15, 0.2) is 46.9 Å². The van der Waals surface area contributed by atoms with E-state index in [1.54, 1.807) is 0 Å². The molecule has 3 rings (SSSR count). The van der Waals surface area contributed by atoms with Gasteiger partial charge in [0.25, 0.3) is 0 Å². The molecule has 0 aliphatic heterocycles. The molecular weight excluding hydrogens is 464 g/mol. The Bertz CT molecular complexity index is 816. The zero-order valence-corrected chi connectivity index (χ0v) is 15.2. The summed E-state index contributed by atoms with van der Waals surface area (Å²) in [6.07, 6.45) is 0. The lowest BCUT2D eigenvalue weighted by Gasteiger charge is -2.09. The monoisotopic (exact) mass is 473 g/mol. The Morgan fingerprint density at radius 1 is 1.14 bits per heavy atom. The molecule has 3 nitrogen and oxygen atoms in total. The Kier molecular flexibility index (Phi) is 4.24. The minimum atomic E-state index is 0.465. The van der Waals surface area contributed by atoms with Crippen molar-refractivity contribution in [3.8, 4) is 22.4 Å². The second-order valence-electron chi connectivity index (χ2n) is 4.46. The predicted molar refractivity (Wildman–Crippen MR) is 99.3 cm³/mol. The molecule has 1 aromatic heterocycles. The molecule has 0 radical (unpaired) electrons. The fraction of sp³-hybridized carbons (Fsp3) is 0. The molecular formula is C15H10BrClIN3. The molecule has 3 N–H and O–H groups in total. The van der Waals surface area contributed by atoms with E-state index in [0.29, 0.717) is 10.8 Å². The largest absolute Gasteiger partial charge is 0.382 e. The van der Waals surface area contributed by atoms with E-state index in [1.165, 1.54) is 0 Å². The highest BCUT2D eigenvalue weighted by atomic mass is 127. The zero-order chi connectivity index (χ0) is 15.0. The summed E-state index contributed by atoms with van der Waals surface area (Å²) in [6, 6.07) is 13.7. The van der Waals surface area contributed by atoms with Crippen molar-refractivity contribution in [2.45, 2.75) is 0 Å². The van der Waals surface area contributed by atoms with Gasteiger partial charge in [-0.15, -0.1) is 0 Å². The van der Waals surface area contributed by atoms with Crippen molar-refractivity contribution in [1.29, 1.82) is 0 Å². The van der Waals surface area contributed by atoms with E-state index in [9.17, 15) is 0 Å². The van der Waals surface area contributed by atoms with Crippen molar-refractivity contribution in [3.05, 3.63) is 55.5 Å². The van der Waals surface area contributed by atoms with Gasteiger partial charge in [-0.3, -0.25) is 5.10 Å². The Labute approximate surface area is 149 Å². The SMILES string of the molecule is Nc1n[nH]c(-c2cc(Cl)ccc2I)c1-c1ccccc1Br. The predicted octanol–water partition coefficient (Wildman–Crippen LogP) is 5.35. The molecule has 6 heteroatoms. The number of nitrogens with one attached hydrogen (secondary N) is 1. The molecule has 106 valence electrons. The van der Waals surface area contributed by atoms with Crippen LogP contribution in [0.2, 0.25) is 5.02 Å². The van der Waals surface area contributed by atoms with Gasteiger partial charge in [0.05, 0.1) is 11.3 Å². The van der Waals surface area contributed by atoms with Crippen molar-refractivity contribution < 1.29 is 0 Å². The summed E-state index contributed by atoms with van der Waals surface area (Å²) < 4.78 is 2.05. The fourth-order valence-corrected chi connectivity index (χ4v) is 3.44. The topological polar surface area (TPSA) is 54.7 Å². The average molecular weight is 475 g/mol. The Morgan fingerprint density at radius 2 is 1.90 bits per heavy atom. The third kappa shape index (κ3) is 2.82. The van der Waals surface area contributed by atoms with Crippen LogP contribution in [0.5, 0.6) is 0 Å². The maximum absolute atomic E-state index is 6.13. The number of aromatic nitrogens is 2. The van der Waals surface area contributed by atoms with Crippen LogP contribution < -0.4 is 5.73 Å². The third-order valence-electron chi connectivity index (χ3n) is 3.14. The molecule has 0 saturated carbocycles. The Morgan fingerprint density at radius 3 is 2.67 bits per heavy atom. The summed E-state index contributed by atoms with van der Waals surface area (Å²) >= 11 is 12.0. The van der Waals surface area contributed by atoms with E-state index in [1.807, 2.05) is 42.5 Å². The van der Waals surface area contributed by atoms with Crippen LogP contribution in [-0.2, 0) is 0 Å². The van der Waals surface area contributed by atoms with Crippen molar-refractivity contribution in [2.75, 3.05) is 5.73 Å². The number of benzene rings is 2. The number of nitrogen functional groups attached to an aromatic ring is 1. The van der Waals surface area contributed by atoms with E-state index in [2.05, 4.69) is 48.7 Å². The van der Waals surface area contributed by atoms with E-state index < -0.39 is 0 Å². The quantitative estimate of drug-likeness (QED) is 0.492. The second-order valence-corrected chi connectivity index (χ2v) is 6.92. The molecule has 0 bridgehead atoms. The van der Waals surface area contributed by atoms with Gasteiger partial charge in [0.1, 0.15) is 0 Å². The van der Waals surface area contributed by atoms with Gasteiger partial charge in [-0.25, -0.2) is 0 Å². The van der Waals surface area contributed by atoms with Crippen molar-refractivity contribution >= 4 is 55.9 Å². The number of aromatic amines is 1. The highest BCUT2D eigenvalue weighted by molar-refractivity contribution is 14.1. The van der Waals surface area contributed by atoms with Gasteiger partial charge in [-0.2, -0.15) is 5.10 Å². The van der Waals surface area contributed by atoms with Crippen LogP contribution >= 0.6 is 50.1 Å². The highest BCUT2D eigenvalue weighted by Crippen LogP contribution is 2.40. The molecule has 0 fully saturated rings. The molecule has 0 unspecified atom stereocenters. The first-order valence-corrected chi connectivity index (χ1v) is 8.37. The van der Waals surface area contributed by atoms with Gasteiger partial charge in [0.2, 0.25) is 0 Å². The van der Waals surface area contributed by atoms with Gasteiger partial charge in [0.15, 0.2) is 5.82 Å². The van der Waals surface area contributed by atoms with Crippen LogP contribution in [0.25, 0.3) is 22.4 Å². The number of anilines is 1. The number of rotatable bonds is 2. The standard InChI is InChI=1S/C15H10BrClIN3/c16-11-4-2-1-3-9(11)13-14(20-21-15(13)19)10-7-8(17)5-6-12(10)18/h1-7H,(H3,19,20,21). The smallest absolute Gasteiger partial charge is 0.153 e. The van der Waals surface area contributed by atoms with E-state index in [4.69, 9.17) is 17.3 Å². The highest BCUT2D eigenvalue weighted by Gasteiger charge is 2.18. The fourth-order valence-electron chi connectivity index (χ4n) is 2.18. The number of hydrogen-bond donors (Lipinski definition) is 2. The lowest BCUT2D eigenvalue weighted by Crippen LogP contribution is -1.91. The number of H-pyrrole nitrogens is 1. The molecule has 1 heterocycles. The first-order valence-electron chi connectivity index (χ1n) is 6.12. The lowest BCUT2D eigenvalue weighted by molar-refractivity contribution is 1.10. The number of nitrogens with zero attached hydrogens (tertiary/aromatic N) is 1. The molecule has 0 aliphatic carbocycles. The van der Waals surface area contributed by atoms with Crippen molar-refractivity contribution in [2.24, 2.45) is 0 Å². The summed E-state index contributed by atoms with van der Waals surface area (Å²) in [7, 11) is 0. The number of nitrogens with two attached hydrogens (primary N) is 1. The van der Waals surface area contributed by atoms with Crippen LogP contribution in [0.1, 0.15) is 0 Å². The molecule has 0 saturated heterocycles. The maximum Gasteiger partial charge on any atom is 0.153 e. The number of halogens is 3. The maximum atomic E-state index is 6.13. The Hall–Kier alpha value is -1.05. The molecule has 21 heavy (non-hydrogen) atoms. The van der Waals surface area contributed by atoms with Gasteiger partial charge in [-0.1, -0.05) is 45.7 Å². The molecule has 0 spiro atoms. The summed E-state index contributed by atoms with van der Waals surface area (Å²) in [5, 5.41) is 7.87. The van der Waals surface area contributed by atoms with Gasteiger partial charge < -0.3 is 5.73 Å². The summed E-state index contributed by atoms with van der Waals surface area (Å²) in [5.41, 5.74) is 9.79. The third-order valence-corrected chi connectivity index (χ3v) is 5.00. The summed E-state index contributed by atoms with van der Waals surface area (Å²) in [5.74, 6) is 0.465. The molecule has 0 aliphatic rings. The second kappa shape index (κ2) is 5.98. The molecule has 0 amide bonds. The first kappa shape index (κ1) is 14.9. The van der Waals surface area contributed by atoms with Crippen LogP contribution in [-0.4, -0.2) is 10.2 Å². The first-order chi connectivity index (χ1) is 10.1. The lowest BCUT2D eigenvalue weighted by atomic mass is 10.0. The van der Waals surface area contributed by atoms with Crippen molar-refractivity contribution in [1.82, 2.24) is 10.2 Å². The van der Waals surface area contributed by atoms with E-state index in [-0.39, 0.29) is 0 Å². The van der Waals surface area contributed by atoms with Crippen molar-refractivity contribution in [3.63, 3.8) is 0 Å². The van der Waals surface area contributed by atoms with Gasteiger partial charge >= 0.3 is 0 Å².